The van der Waals surface area contributed by atoms with E-state index in [0.29, 0.717) is 18.1 Å². The van der Waals surface area contributed by atoms with Gasteiger partial charge >= 0.3 is 0 Å². The Balaban J connectivity index is 1.83. The Kier molecular flexibility index (Phi) is 3.76. The summed E-state index contributed by atoms with van der Waals surface area (Å²) >= 11 is 0. The van der Waals surface area contributed by atoms with Crippen molar-refractivity contribution < 1.29 is 4.92 Å². The van der Waals surface area contributed by atoms with E-state index in [1.807, 2.05) is 6.07 Å². The first kappa shape index (κ1) is 14.3. The molecule has 112 valence electrons. The molecule has 0 amide bonds. The van der Waals surface area contributed by atoms with Crippen LogP contribution in [-0.2, 0) is 6.54 Å². The third-order valence-electron chi connectivity index (χ3n) is 3.10. The van der Waals surface area contributed by atoms with Crippen molar-refractivity contribution in [2.24, 2.45) is 0 Å². The maximum atomic E-state index is 10.8. The third kappa shape index (κ3) is 3.19. The highest BCUT2D eigenvalue weighted by molar-refractivity contribution is 5.49. The van der Waals surface area contributed by atoms with Gasteiger partial charge in [0.2, 0.25) is 0 Å². The van der Waals surface area contributed by atoms with Crippen LogP contribution in [0.5, 0.6) is 0 Å². The van der Waals surface area contributed by atoms with Gasteiger partial charge in [0.15, 0.2) is 5.82 Å². The van der Waals surface area contributed by atoms with Crippen LogP contribution in [-0.4, -0.2) is 24.7 Å². The molecule has 1 aromatic carbocycles. The summed E-state index contributed by atoms with van der Waals surface area (Å²) in [4.78, 5) is 18.6. The van der Waals surface area contributed by atoms with Gasteiger partial charge in [0.05, 0.1) is 11.5 Å². The first-order valence-corrected chi connectivity index (χ1v) is 6.66. The smallest absolute Gasteiger partial charge is 0.258 e. The van der Waals surface area contributed by atoms with Crippen LogP contribution >= 0.6 is 0 Å². The lowest BCUT2D eigenvalue weighted by atomic mass is 10.2. The van der Waals surface area contributed by atoms with Crippen LogP contribution in [0.4, 0.5) is 5.69 Å². The van der Waals surface area contributed by atoms with Crippen molar-refractivity contribution in [3.05, 3.63) is 70.2 Å². The zero-order valence-electron chi connectivity index (χ0n) is 11.8. The minimum Gasteiger partial charge on any atom is -0.258 e. The van der Waals surface area contributed by atoms with Crippen molar-refractivity contribution in [3.8, 4) is 17.6 Å². The van der Waals surface area contributed by atoms with E-state index in [4.69, 9.17) is 5.26 Å². The van der Waals surface area contributed by atoms with Crippen LogP contribution in [0.3, 0.4) is 0 Å². The lowest BCUT2D eigenvalue weighted by Gasteiger charge is -2.01. The minimum atomic E-state index is -0.437. The number of pyridine rings is 1. The summed E-state index contributed by atoms with van der Waals surface area (Å²) in [5.41, 5.74) is 1.57. The van der Waals surface area contributed by atoms with Crippen molar-refractivity contribution in [2.45, 2.75) is 6.54 Å². The van der Waals surface area contributed by atoms with E-state index in [2.05, 4.69) is 15.1 Å². The van der Waals surface area contributed by atoms with Crippen molar-refractivity contribution in [1.82, 2.24) is 19.7 Å². The largest absolute Gasteiger partial charge is 0.269 e. The van der Waals surface area contributed by atoms with E-state index in [1.165, 1.54) is 18.5 Å². The number of aromatic nitrogens is 4. The summed E-state index contributed by atoms with van der Waals surface area (Å²) in [6.45, 7) is 0.354. The Labute approximate surface area is 130 Å². The second kappa shape index (κ2) is 6.03. The molecule has 0 spiro atoms. The monoisotopic (exact) mass is 306 g/mol. The molecule has 0 saturated carbocycles. The van der Waals surface area contributed by atoms with Crippen LogP contribution in [0.25, 0.3) is 11.5 Å². The lowest BCUT2D eigenvalue weighted by Crippen LogP contribution is -2.01. The van der Waals surface area contributed by atoms with Gasteiger partial charge in [-0.1, -0.05) is 18.2 Å². The van der Waals surface area contributed by atoms with Crippen LogP contribution < -0.4 is 0 Å². The van der Waals surface area contributed by atoms with Gasteiger partial charge in [0.1, 0.15) is 23.8 Å². The van der Waals surface area contributed by atoms with Gasteiger partial charge in [-0.3, -0.25) is 10.1 Å². The standard InChI is InChI=1S/C15H10N6O2/c16-8-12-4-2-6-14(18-12)15-17-10-20(19-15)9-11-3-1-5-13(7-11)21(22)23/h1-7,10H,9H2. The Bertz CT molecular complexity index is 912. The molecule has 0 aliphatic rings. The Morgan fingerprint density at radius 1 is 1.26 bits per heavy atom. The Hall–Kier alpha value is -3.60. The number of hydrogen-bond donors (Lipinski definition) is 0. The predicted octanol–water partition coefficient (Wildman–Crippen LogP) is 2.17. The fourth-order valence-electron chi connectivity index (χ4n) is 2.07. The molecule has 23 heavy (non-hydrogen) atoms. The van der Waals surface area contributed by atoms with E-state index in [1.54, 1.807) is 35.0 Å². The highest BCUT2D eigenvalue weighted by Gasteiger charge is 2.09. The van der Waals surface area contributed by atoms with E-state index < -0.39 is 4.92 Å². The molecule has 0 saturated heterocycles. The second-order valence-corrected chi connectivity index (χ2v) is 4.71. The highest BCUT2D eigenvalue weighted by Crippen LogP contribution is 2.15. The van der Waals surface area contributed by atoms with Crippen LogP contribution in [0, 0.1) is 21.4 Å². The van der Waals surface area contributed by atoms with E-state index in [-0.39, 0.29) is 11.4 Å². The second-order valence-electron chi connectivity index (χ2n) is 4.71. The zero-order valence-corrected chi connectivity index (χ0v) is 11.8. The molecule has 8 heteroatoms. The van der Waals surface area contributed by atoms with Crippen molar-refractivity contribution in [3.63, 3.8) is 0 Å². The number of nitriles is 1. The average Bonchev–Trinajstić information content (AvgIpc) is 3.03. The van der Waals surface area contributed by atoms with Gasteiger partial charge in [-0.25, -0.2) is 14.6 Å². The lowest BCUT2D eigenvalue weighted by molar-refractivity contribution is -0.384. The Morgan fingerprint density at radius 3 is 2.87 bits per heavy atom. The number of nitrogens with zero attached hydrogens (tertiary/aromatic N) is 6. The zero-order chi connectivity index (χ0) is 16.2. The maximum Gasteiger partial charge on any atom is 0.269 e. The fraction of sp³-hybridized carbons (Fsp3) is 0.0667. The summed E-state index contributed by atoms with van der Waals surface area (Å²) < 4.78 is 1.56. The normalized spacial score (nSPS) is 10.2. The third-order valence-corrected chi connectivity index (χ3v) is 3.10. The number of nitro benzene ring substituents is 1. The molecule has 2 aromatic heterocycles. The summed E-state index contributed by atoms with van der Waals surface area (Å²) in [6, 6.07) is 13.3. The molecule has 8 nitrogen and oxygen atoms in total. The molecular formula is C15H10N6O2. The average molecular weight is 306 g/mol. The number of hydrogen-bond acceptors (Lipinski definition) is 6. The molecule has 3 aromatic rings. The van der Waals surface area contributed by atoms with Gasteiger partial charge in [-0.2, -0.15) is 5.26 Å². The van der Waals surface area contributed by atoms with E-state index >= 15 is 0 Å². The van der Waals surface area contributed by atoms with Gasteiger partial charge < -0.3 is 0 Å². The maximum absolute atomic E-state index is 10.8. The quantitative estimate of drug-likeness (QED) is 0.539. The molecule has 0 bridgehead atoms. The summed E-state index contributed by atoms with van der Waals surface area (Å²) in [6.07, 6.45) is 1.52. The van der Waals surface area contributed by atoms with Crippen LogP contribution in [0.2, 0.25) is 0 Å². The van der Waals surface area contributed by atoms with E-state index in [0.717, 1.165) is 5.56 Å². The fourth-order valence-corrected chi connectivity index (χ4v) is 2.07. The molecule has 0 aliphatic heterocycles. The van der Waals surface area contributed by atoms with Gasteiger partial charge in [-0.05, 0) is 17.7 Å². The number of non-ortho nitro benzene ring substituents is 1. The molecule has 0 N–H and O–H groups in total. The molecule has 0 radical (unpaired) electrons. The molecule has 0 unspecified atom stereocenters. The Morgan fingerprint density at radius 2 is 2.09 bits per heavy atom. The minimum absolute atomic E-state index is 0.0335. The molecule has 2 heterocycles. The van der Waals surface area contributed by atoms with Crippen molar-refractivity contribution in [2.75, 3.05) is 0 Å². The summed E-state index contributed by atoms with van der Waals surface area (Å²) in [5, 5.41) is 23.9. The SMILES string of the molecule is N#Cc1cccc(-c2ncn(Cc3cccc([N+](=O)[O-])c3)n2)n1. The van der Waals surface area contributed by atoms with Crippen molar-refractivity contribution in [1.29, 1.82) is 5.26 Å². The highest BCUT2D eigenvalue weighted by atomic mass is 16.6. The molecule has 0 aliphatic carbocycles. The summed E-state index contributed by atoms with van der Waals surface area (Å²) in [7, 11) is 0. The first-order valence-electron chi connectivity index (χ1n) is 6.66. The molecule has 3 rings (SSSR count). The van der Waals surface area contributed by atoms with E-state index in [9.17, 15) is 10.1 Å². The first-order chi connectivity index (χ1) is 11.2. The predicted molar refractivity (Wildman–Crippen MR) is 80.2 cm³/mol. The van der Waals surface area contributed by atoms with Crippen LogP contribution in [0.1, 0.15) is 11.3 Å². The van der Waals surface area contributed by atoms with Crippen LogP contribution in [0.15, 0.2) is 48.8 Å². The summed E-state index contributed by atoms with van der Waals surface area (Å²) in [5.74, 6) is 0.396. The van der Waals surface area contributed by atoms with Gasteiger partial charge in [0.25, 0.3) is 5.69 Å². The topological polar surface area (TPSA) is 111 Å². The molecule has 0 fully saturated rings. The number of nitro groups is 1. The van der Waals surface area contributed by atoms with Gasteiger partial charge in [0, 0.05) is 12.1 Å². The molecule has 0 atom stereocenters. The number of benzene rings is 1. The van der Waals surface area contributed by atoms with Crippen molar-refractivity contribution >= 4 is 5.69 Å². The van der Waals surface area contributed by atoms with Gasteiger partial charge in [-0.15, -0.1) is 5.10 Å². The number of rotatable bonds is 4. The molecular weight excluding hydrogens is 296 g/mol.